The highest BCUT2D eigenvalue weighted by atomic mass is 19.1. The van der Waals surface area contributed by atoms with Crippen molar-refractivity contribution in [3.05, 3.63) is 66.2 Å². The SMILES string of the molecule is CCCCCCCCCc1ccc(-c2cnc(-c3ccc(OCCCC)c(F)c3)cn2)cc1. The predicted octanol–water partition coefficient (Wildman–Crippen LogP) is 8.42. The fourth-order valence-electron chi connectivity index (χ4n) is 3.86. The number of rotatable bonds is 14. The van der Waals surface area contributed by atoms with Crippen LogP contribution < -0.4 is 4.74 Å². The molecule has 33 heavy (non-hydrogen) atoms. The Kier molecular flexibility index (Phi) is 10.3. The molecule has 0 aliphatic rings. The van der Waals surface area contributed by atoms with Crippen LogP contribution in [0.15, 0.2) is 54.9 Å². The first-order valence-corrected chi connectivity index (χ1v) is 12.5. The quantitative estimate of drug-likeness (QED) is 0.232. The van der Waals surface area contributed by atoms with Gasteiger partial charge in [0.2, 0.25) is 0 Å². The van der Waals surface area contributed by atoms with Gasteiger partial charge in [-0.25, -0.2) is 4.39 Å². The lowest BCUT2D eigenvalue weighted by atomic mass is 10.0. The van der Waals surface area contributed by atoms with Crippen molar-refractivity contribution < 1.29 is 9.13 Å². The summed E-state index contributed by atoms with van der Waals surface area (Å²) in [5.41, 5.74) is 4.57. The van der Waals surface area contributed by atoms with Gasteiger partial charge in [0.1, 0.15) is 0 Å². The topological polar surface area (TPSA) is 35.0 Å². The molecular formula is C29H37FN2O. The van der Waals surface area contributed by atoms with E-state index in [2.05, 4.69) is 48.1 Å². The lowest BCUT2D eigenvalue weighted by molar-refractivity contribution is 0.294. The molecule has 0 amide bonds. The van der Waals surface area contributed by atoms with Gasteiger partial charge >= 0.3 is 0 Å². The molecule has 0 N–H and O–H groups in total. The minimum Gasteiger partial charge on any atom is -0.491 e. The molecule has 0 aliphatic carbocycles. The van der Waals surface area contributed by atoms with E-state index in [9.17, 15) is 4.39 Å². The average molecular weight is 449 g/mol. The van der Waals surface area contributed by atoms with E-state index in [1.165, 1.54) is 56.6 Å². The van der Waals surface area contributed by atoms with Crippen LogP contribution in [0.3, 0.4) is 0 Å². The predicted molar refractivity (Wildman–Crippen MR) is 135 cm³/mol. The standard InChI is InChI=1S/C29H37FN2O/c1-3-5-7-8-9-10-11-12-23-13-15-24(16-14-23)27-21-32-28(22-31-27)25-17-18-29(26(30)20-25)33-19-6-4-2/h13-18,20-22H,3-12,19H2,1-2H3. The summed E-state index contributed by atoms with van der Waals surface area (Å²) in [4.78, 5) is 9.08. The number of ether oxygens (including phenoxy) is 1. The molecule has 0 saturated carbocycles. The third-order valence-electron chi connectivity index (χ3n) is 5.95. The van der Waals surface area contributed by atoms with E-state index in [0.29, 0.717) is 17.9 Å². The van der Waals surface area contributed by atoms with E-state index in [-0.39, 0.29) is 11.6 Å². The van der Waals surface area contributed by atoms with Crippen molar-refractivity contribution in [2.24, 2.45) is 0 Å². The van der Waals surface area contributed by atoms with Crippen molar-refractivity contribution in [3.63, 3.8) is 0 Å². The maximum atomic E-state index is 14.4. The highest BCUT2D eigenvalue weighted by Gasteiger charge is 2.09. The van der Waals surface area contributed by atoms with Crippen molar-refractivity contribution in [1.29, 1.82) is 0 Å². The van der Waals surface area contributed by atoms with Gasteiger partial charge in [-0.15, -0.1) is 0 Å². The van der Waals surface area contributed by atoms with Crippen molar-refractivity contribution in [2.75, 3.05) is 6.61 Å². The first-order valence-electron chi connectivity index (χ1n) is 12.5. The summed E-state index contributed by atoms with van der Waals surface area (Å²) in [5.74, 6) is -0.0839. The zero-order valence-electron chi connectivity index (χ0n) is 20.2. The molecule has 4 heteroatoms. The van der Waals surface area contributed by atoms with Crippen LogP contribution in [0.2, 0.25) is 0 Å². The third-order valence-corrected chi connectivity index (χ3v) is 5.95. The minimum atomic E-state index is -0.369. The molecule has 0 fully saturated rings. The maximum absolute atomic E-state index is 14.4. The van der Waals surface area contributed by atoms with Gasteiger partial charge in [-0.3, -0.25) is 9.97 Å². The molecule has 3 rings (SSSR count). The molecule has 0 spiro atoms. The summed E-state index contributed by atoms with van der Waals surface area (Å²) in [7, 11) is 0. The molecule has 0 atom stereocenters. The lowest BCUT2D eigenvalue weighted by Crippen LogP contribution is -1.99. The fraction of sp³-hybridized carbons (Fsp3) is 0.448. The number of hydrogen-bond acceptors (Lipinski definition) is 3. The second-order valence-electron chi connectivity index (χ2n) is 8.70. The van der Waals surface area contributed by atoms with E-state index in [1.807, 2.05) is 6.07 Å². The van der Waals surface area contributed by atoms with Crippen LogP contribution in [-0.2, 0) is 6.42 Å². The van der Waals surface area contributed by atoms with Crippen LogP contribution in [0.25, 0.3) is 22.5 Å². The van der Waals surface area contributed by atoms with Crippen LogP contribution >= 0.6 is 0 Å². The van der Waals surface area contributed by atoms with Gasteiger partial charge in [-0.1, -0.05) is 83.1 Å². The van der Waals surface area contributed by atoms with Gasteiger partial charge in [0.05, 0.1) is 30.4 Å². The van der Waals surface area contributed by atoms with E-state index in [1.54, 1.807) is 18.5 Å². The van der Waals surface area contributed by atoms with Crippen molar-refractivity contribution in [2.45, 2.75) is 78.1 Å². The molecule has 2 aromatic carbocycles. The molecular weight excluding hydrogens is 411 g/mol. The Labute approximate surface area is 198 Å². The number of nitrogens with zero attached hydrogens (tertiary/aromatic N) is 2. The highest BCUT2D eigenvalue weighted by molar-refractivity contribution is 5.63. The maximum Gasteiger partial charge on any atom is 0.165 e. The molecule has 1 heterocycles. The normalized spacial score (nSPS) is 11.0. The first-order chi connectivity index (χ1) is 16.2. The zero-order valence-corrected chi connectivity index (χ0v) is 20.2. The largest absolute Gasteiger partial charge is 0.491 e. The average Bonchev–Trinajstić information content (AvgIpc) is 2.85. The molecule has 1 aromatic heterocycles. The van der Waals surface area contributed by atoms with Crippen molar-refractivity contribution in [3.8, 4) is 28.3 Å². The van der Waals surface area contributed by atoms with E-state index < -0.39 is 0 Å². The molecule has 176 valence electrons. The van der Waals surface area contributed by atoms with Crippen LogP contribution in [0.4, 0.5) is 4.39 Å². The molecule has 0 unspecified atom stereocenters. The molecule has 3 aromatic rings. The van der Waals surface area contributed by atoms with Crippen LogP contribution in [0, 0.1) is 5.82 Å². The Balaban J connectivity index is 1.53. The first kappa shape index (κ1) is 24.9. The number of halogens is 1. The highest BCUT2D eigenvalue weighted by Crippen LogP contribution is 2.26. The van der Waals surface area contributed by atoms with Gasteiger partial charge in [-0.2, -0.15) is 0 Å². The number of benzene rings is 2. The van der Waals surface area contributed by atoms with Gasteiger partial charge in [-0.05, 0) is 43.0 Å². The smallest absolute Gasteiger partial charge is 0.165 e. The molecule has 0 aliphatic heterocycles. The minimum absolute atomic E-state index is 0.286. The number of unbranched alkanes of at least 4 members (excludes halogenated alkanes) is 7. The summed E-state index contributed by atoms with van der Waals surface area (Å²) in [6.07, 6.45) is 15.8. The Morgan fingerprint density at radius 2 is 1.30 bits per heavy atom. The molecule has 0 saturated heterocycles. The second-order valence-corrected chi connectivity index (χ2v) is 8.70. The molecule has 0 radical (unpaired) electrons. The monoisotopic (exact) mass is 448 g/mol. The van der Waals surface area contributed by atoms with Gasteiger partial charge in [0.15, 0.2) is 11.6 Å². The summed E-state index contributed by atoms with van der Waals surface area (Å²) >= 11 is 0. The van der Waals surface area contributed by atoms with Gasteiger partial charge in [0, 0.05) is 11.1 Å². The fourth-order valence-corrected chi connectivity index (χ4v) is 3.86. The molecule has 3 nitrogen and oxygen atoms in total. The van der Waals surface area contributed by atoms with Crippen LogP contribution in [-0.4, -0.2) is 16.6 Å². The number of aryl methyl sites for hydroxylation is 1. The Morgan fingerprint density at radius 1 is 0.697 bits per heavy atom. The summed E-state index contributed by atoms with van der Waals surface area (Å²) < 4.78 is 19.8. The Hall–Kier alpha value is -2.75. The van der Waals surface area contributed by atoms with E-state index in [0.717, 1.165) is 30.5 Å². The Bertz CT molecular complexity index is 954. The van der Waals surface area contributed by atoms with Crippen molar-refractivity contribution in [1.82, 2.24) is 9.97 Å². The Morgan fingerprint density at radius 3 is 1.94 bits per heavy atom. The molecule has 0 bridgehead atoms. The second kappa shape index (κ2) is 13.7. The van der Waals surface area contributed by atoms with Crippen LogP contribution in [0.5, 0.6) is 5.75 Å². The van der Waals surface area contributed by atoms with E-state index >= 15 is 0 Å². The summed E-state index contributed by atoms with van der Waals surface area (Å²) in [6, 6.07) is 13.6. The summed E-state index contributed by atoms with van der Waals surface area (Å²) in [6.45, 7) is 4.87. The van der Waals surface area contributed by atoms with Crippen molar-refractivity contribution >= 4 is 0 Å². The third kappa shape index (κ3) is 7.96. The summed E-state index contributed by atoms with van der Waals surface area (Å²) in [5, 5.41) is 0. The van der Waals surface area contributed by atoms with E-state index in [4.69, 9.17) is 4.74 Å². The number of hydrogen-bond donors (Lipinski definition) is 0. The zero-order chi connectivity index (χ0) is 23.3. The van der Waals surface area contributed by atoms with Crippen LogP contribution in [0.1, 0.15) is 77.2 Å². The van der Waals surface area contributed by atoms with Gasteiger partial charge < -0.3 is 4.74 Å². The van der Waals surface area contributed by atoms with Gasteiger partial charge in [0.25, 0.3) is 0 Å². The number of aromatic nitrogens is 2. The lowest BCUT2D eigenvalue weighted by Gasteiger charge is -2.08.